The zero-order valence-electron chi connectivity index (χ0n) is 18.7. The molecule has 0 fully saturated rings. The van der Waals surface area contributed by atoms with Crippen LogP contribution in [0.1, 0.15) is 83.1 Å². The Labute approximate surface area is 151 Å². The molecule has 0 saturated carbocycles. The first kappa shape index (κ1) is 25.2. The van der Waals surface area contributed by atoms with Gasteiger partial charge in [-0.25, -0.2) is 0 Å². The molecule has 144 valence electrons. The van der Waals surface area contributed by atoms with Crippen LogP contribution in [-0.4, -0.2) is 46.8 Å². The molecule has 0 aliphatic carbocycles. The molecule has 24 heavy (non-hydrogen) atoms. The van der Waals surface area contributed by atoms with Crippen LogP contribution in [0.3, 0.4) is 0 Å². The van der Waals surface area contributed by atoms with Crippen molar-refractivity contribution in [3.63, 3.8) is 0 Å². The van der Waals surface area contributed by atoms with E-state index in [0.717, 1.165) is 0 Å². The quantitative estimate of drug-likeness (QED) is 0.646. The van der Waals surface area contributed by atoms with Gasteiger partial charge in [-0.3, -0.25) is 9.59 Å². The van der Waals surface area contributed by atoms with Gasteiger partial charge in [-0.15, -0.1) is 0 Å². The average Bonchev–Trinajstić information content (AvgIpc) is 2.31. The molecule has 0 aliphatic rings. The first-order valence-corrected chi connectivity index (χ1v) is 8.70. The van der Waals surface area contributed by atoms with E-state index < -0.39 is 0 Å². The third kappa shape index (κ3) is 8.70. The van der Waals surface area contributed by atoms with Crippen molar-refractivity contribution in [2.24, 2.45) is 10.8 Å². The summed E-state index contributed by atoms with van der Waals surface area (Å²) >= 11 is 0. The number of nitrogens with zero attached hydrogens (tertiary/aromatic N) is 2. The molecule has 0 unspecified atom stereocenters. The predicted molar refractivity (Wildman–Crippen MR) is 104 cm³/mol. The molecule has 0 saturated heterocycles. The highest BCUT2D eigenvalue weighted by atomic mass is 16.2. The number of carbonyl (C=O) groups is 2. The van der Waals surface area contributed by atoms with Gasteiger partial charge in [0, 0.05) is 36.0 Å². The lowest BCUT2D eigenvalue weighted by Crippen LogP contribution is -2.47. The third-order valence-electron chi connectivity index (χ3n) is 3.90. The van der Waals surface area contributed by atoms with Crippen molar-refractivity contribution in [1.82, 2.24) is 9.80 Å². The Bertz CT molecular complexity index is 385. The van der Waals surface area contributed by atoms with E-state index >= 15 is 0 Å². The van der Waals surface area contributed by atoms with Crippen molar-refractivity contribution in [3.05, 3.63) is 0 Å². The molecule has 0 heterocycles. The van der Waals surface area contributed by atoms with Crippen LogP contribution in [0, 0.1) is 10.8 Å². The zero-order valence-corrected chi connectivity index (χ0v) is 18.7. The van der Waals surface area contributed by atoms with Gasteiger partial charge in [0.25, 0.3) is 0 Å². The topological polar surface area (TPSA) is 40.6 Å². The minimum absolute atomic E-state index is 0.0790. The van der Waals surface area contributed by atoms with Gasteiger partial charge in [0.1, 0.15) is 0 Å². The fraction of sp³-hybridized carbons (Fsp3) is 0.900. The third-order valence-corrected chi connectivity index (χ3v) is 3.90. The van der Waals surface area contributed by atoms with Gasteiger partial charge in [-0.1, -0.05) is 41.5 Å². The second kappa shape index (κ2) is 7.88. The largest absolute Gasteiger partial charge is 0.340 e. The van der Waals surface area contributed by atoms with Crippen molar-refractivity contribution in [1.29, 1.82) is 0 Å². The normalized spacial score (nSPS) is 12.9. The van der Waals surface area contributed by atoms with Gasteiger partial charge in [0.05, 0.1) is 0 Å². The van der Waals surface area contributed by atoms with E-state index in [-0.39, 0.29) is 33.7 Å². The van der Waals surface area contributed by atoms with Crippen molar-refractivity contribution in [3.8, 4) is 0 Å². The minimum Gasteiger partial charge on any atom is -0.340 e. The molecular weight excluding hydrogens is 300 g/mol. The van der Waals surface area contributed by atoms with E-state index in [4.69, 9.17) is 0 Å². The highest BCUT2D eigenvalue weighted by molar-refractivity contribution is 5.82. The summed E-state index contributed by atoms with van der Waals surface area (Å²) in [4.78, 5) is 27.1. The van der Waals surface area contributed by atoms with Crippen molar-refractivity contribution in [2.75, 3.05) is 14.1 Å². The van der Waals surface area contributed by atoms with Crippen LogP contribution in [0.5, 0.6) is 0 Å². The van der Waals surface area contributed by atoms with Crippen LogP contribution in [0.2, 0.25) is 0 Å². The van der Waals surface area contributed by atoms with E-state index in [2.05, 4.69) is 0 Å². The van der Waals surface area contributed by atoms with Gasteiger partial charge < -0.3 is 9.80 Å². The van der Waals surface area contributed by atoms with Crippen LogP contribution in [0.25, 0.3) is 0 Å². The highest BCUT2D eigenvalue weighted by Gasteiger charge is 2.31. The lowest BCUT2D eigenvalue weighted by molar-refractivity contribution is -0.143. The first-order chi connectivity index (χ1) is 10.1. The summed E-state index contributed by atoms with van der Waals surface area (Å²) in [5.74, 6) is 0.380. The first-order valence-electron chi connectivity index (χ1n) is 8.70. The number of hydrogen-bond donors (Lipinski definition) is 0. The zero-order chi connectivity index (χ0) is 20.3. The number of rotatable bonds is 0. The maximum Gasteiger partial charge on any atom is 0.228 e. The summed E-state index contributed by atoms with van der Waals surface area (Å²) in [5, 5.41) is 0. The Morgan fingerprint density at radius 2 is 0.667 bits per heavy atom. The lowest BCUT2D eigenvalue weighted by atomic mass is 9.92. The molecule has 2 amide bonds. The average molecular weight is 343 g/mol. The highest BCUT2D eigenvalue weighted by Crippen LogP contribution is 2.22. The Kier molecular flexibility index (Phi) is 8.27. The van der Waals surface area contributed by atoms with Crippen LogP contribution >= 0.6 is 0 Å². The van der Waals surface area contributed by atoms with Crippen molar-refractivity contribution in [2.45, 2.75) is 94.2 Å². The van der Waals surface area contributed by atoms with E-state index in [1.54, 1.807) is 9.80 Å². The maximum atomic E-state index is 11.7. The van der Waals surface area contributed by atoms with Crippen LogP contribution in [0.15, 0.2) is 0 Å². The van der Waals surface area contributed by atoms with Crippen LogP contribution in [-0.2, 0) is 9.59 Å². The fourth-order valence-corrected chi connectivity index (χ4v) is 1.62. The Balaban J connectivity index is 0. The van der Waals surface area contributed by atoms with Crippen molar-refractivity contribution < 1.29 is 9.59 Å². The summed E-state index contributed by atoms with van der Waals surface area (Å²) < 4.78 is 0. The number of carbonyl (C=O) groups excluding carboxylic acids is 2. The van der Waals surface area contributed by atoms with Crippen LogP contribution in [0.4, 0.5) is 0 Å². The Hall–Kier alpha value is -1.06. The molecule has 0 aliphatic heterocycles. The molecule has 0 rings (SSSR count). The van der Waals surface area contributed by atoms with E-state index in [9.17, 15) is 9.59 Å². The van der Waals surface area contributed by atoms with Gasteiger partial charge in [0.2, 0.25) is 11.8 Å². The lowest BCUT2D eigenvalue weighted by Gasteiger charge is -2.36. The molecule has 0 aromatic carbocycles. The molecular formula is C20H42N2O2. The van der Waals surface area contributed by atoms with Gasteiger partial charge in [-0.05, 0) is 41.5 Å². The SMILES string of the molecule is CN(C(=O)C(C)(C)C)C(C)(C)C.CN(C(=O)C(C)(C)C)C(C)(C)C. The van der Waals surface area contributed by atoms with Crippen molar-refractivity contribution >= 4 is 11.8 Å². The van der Waals surface area contributed by atoms with Gasteiger partial charge in [0.15, 0.2) is 0 Å². The molecule has 0 N–H and O–H groups in total. The Morgan fingerprint density at radius 3 is 0.708 bits per heavy atom. The molecule has 0 bridgehead atoms. The fourth-order valence-electron chi connectivity index (χ4n) is 1.62. The predicted octanol–water partition coefficient (Wildman–Crippen LogP) is 4.58. The second-order valence-electron chi connectivity index (χ2n) is 10.6. The van der Waals surface area contributed by atoms with Gasteiger partial charge >= 0.3 is 0 Å². The number of hydrogen-bond acceptors (Lipinski definition) is 2. The van der Waals surface area contributed by atoms with E-state index in [1.807, 2.05) is 97.2 Å². The molecule has 0 atom stereocenters. The number of amides is 2. The minimum atomic E-state index is -0.276. The van der Waals surface area contributed by atoms with E-state index in [0.29, 0.717) is 0 Å². The molecule has 4 heteroatoms. The second-order valence-corrected chi connectivity index (χ2v) is 10.6. The Morgan fingerprint density at radius 1 is 0.500 bits per heavy atom. The summed E-state index contributed by atoms with van der Waals surface area (Å²) in [5.41, 5.74) is -0.710. The molecule has 4 nitrogen and oxygen atoms in total. The molecule has 0 aromatic heterocycles. The molecule has 0 aromatic rings. The summed E-state index contributed by atoms with van der Waals surface area (Å²) in [6, 6.07) is 0. The monoisotopic (exact) mass is 342 g/mol. The smallest absolute Gasteiger partial charge is 0.228 e. The standard InChI is InChI=1S/2C10H21NO/c2*1-9(2,3)8(12)11(7)10(4,5)6/h2*1-7H3. The molecule has 0 radical (unpaired) electrons. The summed E-state index contributed by atoms with van der Waals surface area (Å²) in [6.45, 7) is 23.9. The van der Waals surface area contributed by atoms with Crippen LogP contribution < -0.4 is 0 Å². The summed E-state index contributed by atoms with van der Waals surface area (Å²) in [6.07, 6.45) is 0. The maximum absolute atomic E-state index is 11.7. The van der Waals surface area contributed by atoms with Gasteiger partial charge in [-0.2, -0.15) is 0 Å². The van der Waals surface area contributed by atoms with E-state index in [1.165, 1.54) is 0 Å². The summed E-state index contributed by atoms with van der Waals surface area (Å²) in [7, 11) is 3.71. The molecule has 0 spiro atoms.